The van der Waals surface area contributed by atoms with Gasteiger partial charge in [0.05, 0.1) is 0 Å². The van der Waals surface area contributed by atoms with Crippen molar-refractivity contribution in [3.8, 4) is 0 Å². The van der Waals surface area contributed by atoms with Crippen molar-refractivity contribution < 1.29 is 9.90 Å². The summed E-state index contributed by atoms with van der Waals surface area (Å²) in [7, 11) is 0. The van der Waals surface area contributed by atoms with E-state index < -0.39 is 12.0 Å². The Balaban J connectivity index is 2.11. The molecule has 1 unspecified atom stereocenters. The number of carboxylic acids is 1. The number of rotatable bonds is 6. The molecule has 0 spiro atoms. The van der Waals surface area contributed by atoms with Gasteiger partial charge in [-0.05, 0) is 29.0 Å². The van der Waals surface area contributed by atoms with Crippen LogP contribution < -0.4 is 5.32 Å². The Kier molecular flexibility index (Phi) is 3.66. The first kappa shape index (κ1) is 12.2. The van der Waals surface area contributed by atoms with Crippen molar-refractivity contribution >= 4 is 17.4 Å². The lowest BCUT2D eigenvalue weighted by Gasteiger charge is -2.14. The standard InChI is InChI=1S/C10H14N6O2/c1-2-3-4-7(10(17)18)11-8-5-6-9-12-14-15-16(9)13-8/h5-7H,2-4H2,1H3,(H,11,13)(H,17,18). The highest BCUT2D eigenvalue weighted by Crippen LogP contribution is 2.09. The molecular formula is C10H14N6O2. The number of hydrogen-bond acceptors (Lipinski definition) is 6. The molecule has 96 valence electrons. The highest BCUT2D eigenvalue weighted by atomic mass is 16.4. The largest absolute Gasteiger partial charge is 0.480 e. The van der Waals surface area contributed by atoms with Crippen LogP contribution in [0.4, 0.5) is 5.82 Å². The molecule has 0 aliphatic heterocycles. The van der Waals surface area contributed by atoms with Crippen LogP contribution in [0.5, 0.6) is 0 Å². The van der Waals surface area contributed by atoms with Crippen molar-refractivity contribution in [2.24, 2.45) is 0 Å². The number of tetrazole rings is 1. The second kappa shape index (κ2) is 5.39. The van der Waals surface area contributed by atoms with E-state index in [0.29, 0.717) is 17.9 Å². The minimum absolute atomic E-state index is 0.443. The Morgan fingerprint density at radius 3 is 3.11 bits per heavy atom. The summed E-state index contributed by atoms with van der Waals surface area (Å²) in [6, 6.07) is 2.69. The van der Waals surface area contributed by atoms with E-state index in [1.807, 2.05) is 6.92 Å². The van der Waals surface area contributed by atoms with Gasteiger partial charge in [0.1, 0.15) is 11.9 Å². The molecule has 2 aromatic heterocycles. The second-order valence-electron chi connectivity index (χ2n) is 3.92. The molecule has 0 fully saturated rings. The van der Waals surface area contributed by atoms with Gasteiger partial charge in [0, 0.05) is 0 Å². The van der Waals surface area contributed by atoms with E-state index in [-0.39, 0.29) is 0 Å². The normalized spacial score (nSPS) is 12.5. The van der Waals surface area contributed by atoms with Crippen LogP contribution in [0.2, 0.25) is 0 Å². The van der Waals surface area contributed by atoms with Crippen molar-refractivity contribution in [3.63, 3.8) is 0 Å². The Bertz CT molecular complexity index is 540. The maximum atomic E-state index is 11.1. The van der Waals surface area contributed by atoms with Crippen LogP contribution in [-0.4, -0.2) is 42.4 Å². The Morgan fingerprint density at radius 1 is 1.56 bits per heavy atom. The number of unbranched alkanes of at least 4 members (excludes halogenated alkanes) is 1. The maximum absolute atomic E-state index is 11.1. The lowest BCUT2D eigenvalue weighted by Crippen LogP contribution is -2.29. The van der Waals surface area contributed by atoms with Crippen molar-refractivity contribution in [1.29, 1.82) is 0 Å². The van der Waals surface area contributed by atoms with Crippen LogP contribution in [0, 0.1) is 0 Å². The third kappa shape index (κ3) is 2.70. The summed E-state index contributed by atoms with van der Waals surface area (Å²) in [5, 5.41) is 26.9. The topological polar surface area (TPSA) is 105 Å². The summed E-state index contributed by atoms with van der Waals surface area (Å²) in [6.45, 7) is 2.02. The fraction of sp³-hybridized carbons (Fsp3) is 0.500. The van der Waals surface area contributed by atoms with Gasteiger partial charge < -0.3 is 10.4 Å². The van der Waals surface area contributed by atoms with E-state index in [0.717, 1.165) is 12.8 Å². The summed E-state index contributed by atoms with van der Waals surface area (Å²) >= 11 is 0. The second-order valence-corrected chi connectivity index (χ2v) is 3.92. The number of aliphatic carboxylic acids is 1. The molecule has 2 rings (SSSR count). The molecule has 0 bridgehead atoms. The molecule has 0 aliphatic rings. The van der Waals surface area contributed by atoms with Gasteiger partial charge in [0.25, 0.3) is 0 Å². The van der Waals surface area contributed by atoms with Gasteiger partial charge in [0.15, 0.2) is 5.65 Å². The minimum Gasteiger partial charge on any atom is -0.480 e. The fourth-order valence-corrected chi connectivity index (χ4v) is 1.57. The van der Waals surface area contributed by atoms with E-state index >= 15 is 0 Å². The number of carbonyl (C=O) groups is 1. The van der Waals surface area contributed by atoms with Gasteiger partial charge in [-0.15, -0.1) is 14.8 Å². The number of carboxylic acid groups (broad SMARTS) is 1. The molecule has 2 aromatic rings. The number of anilines is 1. The van der Waals surface area contributed by atoms with Gasteiger partial charge in [-0.25, -0.2) is 4.79 Å². The first-order valence-corrected chi connectivity index (χ1v) is 5.75. The molecule has 18 heavy (non-hydrogen) atoms. The van der Waals surface area contributed by atoms with Crippen molar-refractivity contribution in [3.05, 3.63) is 12.1 Å². The SMILES string of the molecule is CCCCC(Nc1ccc2nnnn2n1)C(=O)O. The molecule has 2 N–H and O–H groups in total. The first-order chi connectivity index (χ1) is 8.70. The van der Waals surface area contributed by atoms with Crippen LogP contribution in [-0.2, 0) is 4.79 Å². The Hall–Kier alpha value is -2.25. The van der Waals surface area contributed by atoms with Crippen molar-refractivity contribution in [2.75, 3.05) is 5.32 Å². The van der Waals surface area contributed by atoms with Crippen LogP contribution in [0.25, 0.3) is 5.65 Å². The van der Waals surface area contributed by atoms with E-state index in [1.54, 1.807) is 12.1 Å². The van der Waals surface area contributed by atoms with Gasteiger partial charge in [-0.1, -0.05) is 19.8 Å². The predicted molar refractivity (Wildman–Crippen MR) is 63.1 cm³/mol. The average molecular weight is 250 g/mol. The highest BCUT2D eigenvalue weighted by Gasteiger charge is 2.17. The molecule has 8 nitrogen and oxygen atoms in total. The van der Waals surface area contributed by atoms with Gasteiger partial charge in [0.2, 0.25) is 0 Å². The average Bonchev–Trinajstić information content (AvgIpc) is 2.81. The lowest BCUT2D eigenvalue weighted by molar-refractivity contribution is -0.138. The van der Waals surface area contributed by atoms with Gasteiger partial charge in [-0.3, -0.25) is 0 Å². The molecule has 0 amide bonds. The Morgan fingerprint density at radius 2 is 2.39 bits per heavy atom. The molecule has 0 radical (unpaired) electrons. The lowest BCUT2D eigenvalue weighted by atomic mass is 10.1. The number of nitrogens with one attached hydrogen (secondary N) is 1. The quantitative estimate of drug-likeness (QED) is 0.772. The summed E-state index contributed by atoms with van der Waals surface area (Å²) < 4.78 is 1.25. The van der Waals surface area contributed by atoms with Crippen LogP contribution in [0.3, 0.4) is 0 Å². The van der Waals surface area contributed by atoms with Crippen LogP contribution >= 0.6 is 0 Å². The van der Waals surface area contributed by atoms with Gasteiger partial charge >= 0.3 is 5.97 Å². The molecule has 0 aromatic carbocycles. The number of fused-ring (bicyclic) bond motifs is 1. The summed E-state index contributed by atoms with van der Waals surface area (Å²) in [5.41, 5.74) is 0.515. The molecule has 1 atom stereocenters. The number of nitrogens with zero attached hydrogens (tertiary/aromatic N) is 5. The summed E-state index contributed by atoms with van der Waals surface area (Å²) in [5.74, 6) is -0.444. The van der Waals surface area contributed by atoms with Crippen LogP contribution in [0.15, 0.2) is 12.1 Å². The zero-order chi connectivity index (χ0) is 13.0. The number of aromatic nitrogens is 5. The zero-order valence-corrected chi connectivity index (χ0v) is 9.94. The van der Waals surface area contributed by atoms with E-state index in [4.69, 9.17) is 5.11 Å². The van der Waals surface area contributed by atoms with E-state index in [1.165, 1.54) is 4.63 Å². The molecule has 0 saturated carbocycles. The smallest absolute Gasteiger partial charge is 0.326 e. The maximum Gasteiger partial charge on any atom is 0.326 e. The van der Waals surface area contributed by atoms with E-state index in [2.05, 4.69) is 25.9 Å². The molecule has 0 aliphatic carbocycles. The molecule has 0 saturated heterocycles. The monoisotopic (exact) mass is 250 g/mol. The van der Waals surface area contributed by atoms with E-state index in [9.17, 15) is 4.79 Å². The predicted octanol–water partition coefficient (Wildman–Crippen LogP) is 0.575. The minimum atomic E-state index is -0.887. The molecule has 2 heterocycles. The van der Waals surface area contributed by atoms with Crippen LogP contribution in [0.1, 0.15) is 26.2 Å². The van der Waals surface area contributed by atoms with Crippen molar-refractivity contribution in [2.45, 2.75) is 32.2 Å². The Labute approximate surface area is 103 Å². The zero-order valence-electron chi connectivity index (χ0n) is 9.94. The third-order valence-corrected chi connectivity index (χ3v) is 2.54. The van der Waals surface area contributed by atoms with Gasteiger partial charge in [-0.2, -0.15) is 0 Å². The summed E-state index contributed by atoms with van der Waals surface area (Å²) in [6.07, 6.45) is 2.35. The summed E-state index contributed by atoms with van der Waals surface area (Å²) in [4.78, 5) is 11.1. The number of hydrogen-bond donors (Lipinski definition) is 2. The third-order valence-electron chi connectivity index (χ3n) is 2.54. The molecular weight excluding hydrogens is 236 g/mol. The molecule has 8 heteroatoms. The fourth-order valence-electron chi connectivity index (χ4n) is 1.57. The first-order valence-electron chi connectivity index (χ1n) is 5.75. The highest BCUT2D eigenvalue weighted by molar-refractivity contribution is 5.76. The van der Waals surface area contributed by atoms with Crippen molar-refractivity contribution in [1.82, 2.24) is 25.3 Å².